The molecule has 0 aliphatic rings. The molecule has 0 saturated heterocycles. The van der Waals surface area contributed by atoms with E-state index >= 15 is 0 Å². The minimum Gasteiger partial charge on any atom is -0.398 e. The lowest BCUT2D eigenvalue weighted by atomic mass is 10.0. The zero-order valence-electron chi connectivity index (χ0n) is 10.2. The Morgan fingerprint density at radius 3 is 2.33 bits per heavy atom. The van der Waals surface area contributed by atoms with Crippen LogP contribution in [0.5, 0.6) is 0 Å². The van der Waals surface area contributed by atoms with E-state index in [9.17, 15) is 0 Å². The molecule has 1 aromatic rings. The van der Waals surface area contributed by atoms with Gasteiger partial charge >= 0.3 is 0 Å². The Bertz CT molecular complexity index is 307. The molecule has 0 saturated carbocycles. The van der Waals surface area contributed by atoms with Gasteiger partial charge in [-0.1, -0.05) is 32.0 Å². The highest BCUT2D eigenvalue weighted by Crippen LogP contribution is 2.16. The smallest absolute Gasteiger partial charge is 0.0359 e. The van der Waals surface area contributed by atoms with Crippen LogP contribution in [0.2, 0.25) is 0 Å². The van der Waals surface area contributed by atoms with E-state index in [1.807, 2.05) is 18.2 Å². The summed E-state index contributed by atoms with van der Waals surface area (Å²) < 4.78 is 0. The first-order valence-electron chi connectivity index (χ1n) is 5.56. The van der Waals surface area contributed by atoms with Crippen molar-refractivity contribution in [2.75, 3.05) is 12.8 Å². The molecule has 2 heteroatoms. The Hall–Kier alpha value is -1.02. The molecule has 1 atom stereocenters. The van der Waals surface area contributed by atoms with Crippen molar-refractivity contribution in [3.63, 3.8) is 0 Å². The molecule has 0 aliphatic heterocycles. The van der Waals surface area contributed by atoms with E-state index in [4.69, 9.17) is 5.73 Å². The van der Waals surface area contributed by atoms with Crippen LogP contribution in [0.1, 0.15) is 26.3 Å². The number of hydrogen-bond acceptors (Lipinski definition) is 2. The van der Waals surface area contributed by atoms with Gasteiger partial charge in [-0.3, -0.25) is 4.90 Å². The van der Waals surface area contributed by atoms with Crippen molar-refractivity contribution < 1.29 is 0 Å². The Morgan fingerprint density at radius 1 is 1.20 bits per heavy atom. The van der Waals surface area contributed by atoms with Gasteiger partial charge in [-0.05, 0) is 31.5 Å². The molecule has 2 nitrogen and oxygen atoms in total. The van der Waals surface area contributed by atoms with Gasteiger partial charge in [0.2, 0.25) is 0 Å². The first-order chi connectivity index (χ1) is 7.02. The molecule has 1 rings (SSSR count). The van der Waals surface area contributed by atoms with Gasteiger partial charge in [0.25, 0.3) is 0 Å². The standard InChI is InChI=1S/C13H22N2/c1-10(2)11(3)15(4)9-12-7-5-6-8-13(12)14/h5-8,10-11H,9,14H2,1-4H3. The summed E-state index contributed by atoms with van der Waals surface area (Å²) in [5.74, 6) is 0.667. The molecule has 0 heterocycles. The third kappa shape index (κ3) is 3.24. The summed E-state index contributed by atoms with van der Waals surface area (Å²) in [6, 6.07) is 8.65. The number of nitrogen functional groups attached to an aromatic ring is 1. The van der Waals surface area contributed by atoms with Gasteiger partial charge in [0.05, 0.1) is 0 Å². The van der Waals surface area contributed by atoms with Crippen molar-refractivity contribution in [1.29, 1.82) is 0 Å². The normalized spacial score (nSPS) is 13.5. The molecule has 0 bridgehead atoms. The van der Waals surface area contributed by atoms with Crippen molar-refractivity contribution in [3.8, 4) is 0 Å². The van der Waals surface area contributed by atoms with Gasteiger partial charge in [-0.2, -0.15) is 0 Å². The van der Waals surface area contributed by atoms with E-state index in [2.05, 4.69) is 38.8 Å². The summed E-state index contributed by atoms with van der Waals surface area (Å²) in [6.45, 7) is 7.67. The third-order valence-electron chi connectivity index (χ3n) is 3.13. The fourth-order valence-corrected chi connectivity index (χ4v) is 1.60. The number of nitrogens with two attached hydrogens (primary N) is 1. The predicted molar refractivity (Wildman–Crippen MR) is 66.6 cm³/mol. The molecular formula is C13H22N2. The molecule has 0 aromatic heterocycles. The zero-order valence-corrected chi connectivity index (χ0v) is 10.2. The van der Waals surface area contributed by atoms with Gasteiger partial charge in [-0.15, -0.1) is 0 Å². The maximum absolute atomic E-state index is 5.92. The second-order valence-corrected chi connectivity index (χ2v) is 4.60. The van der Waals surface area contributed by atoms with E-state index < -0.39 is 0 Å². The number of rotatable bonds is 4. The molecule has 15 heavy (non-hydrogen) atoms. The number of para-hydroxylation sites is 1. The Kier molecular flexibility index (Phi) is 4.15. The van der Waals surface area contributed by atoms with Gasteiger partial charge in [0.1, 0.15) is 0 Å². The van der Waals surface area contributed by atoms with Gasteiger partial charge in [-0.25, -0.2) is 0 Å². The van der Waals surface area contributed by atoms with Crippen LogP contribution < -0.4 is 5.73 Å². The number of benzene rings is 1. The summed E-state index contributed by atoms with van der Waals surface area (Å²) in [6.07, 6.45) is 0. The molecule has 0 spiro atoms. The van der Waals surface area contributed by atoms with Crippen LogP contribution in [-0.4, -0.2) is 18.0 Å². The fraction of sp³-hybridized carbons (Fsp3) is 0.538. The fourth-order valence-electron chi connectivity index (χ4n) is 1.60. The average molecular weight is 206 g/mol. The lowest BCUT2D eigenvalue weighted by molar-refractivity contribution is 0.201. The summed E-state index contributed by atoms with van der Waals surface area (Å²) in [5, 5.41) is 0. The number of hydrogen-bond donors (Lipinski definition) is 1. The van der Waals surface area contributed by atoms with Crippen LogP contribution >= 0.6 is 0 Å². The maximum atomic E-state index is 5.92. The Morgan fingerprint density at radius 2 is 1.80 bits per heavy atom. The second-order valence-electron chi connectivity index (χ2n) is 4.60. The van der Waals surface area contributed by atoms with Crippen molar-refractivity contribution in [3.05, 3.63) is 29.8 Å². The van der Waals surface area contributed by atoms with Crippen molar-refractivity contribution in [2.24, 2.45) is 5.92 Å². The first kappa shape index (κ1) is 12.1. The van der Waals surface area contributed by atoms with Crippen molar-refractivity contribution in [1.82, 2.24) is 4.90 Å². The van der Waals surface area contributed by atoms with E-state index in [0.717, 1.165) is 12.2 Å². The van der Waals surface area contributed by atoms with Crippen molar-refractivity contribution in [2.45, 2.75) is 33.4 Å². The van der Waals surface area contributed by atoms with Gasteiger partial charge < -0.3 is 5.73 Å². The second kappa shape index (κ2) is 5.17. The highest BCUT2D eigenvalue weighted by molar-refractivity contribution is 5.46. The summed E-state index contributed by atoms with van der Waals surface area (Å²) in [7, 11) is 2.15. The number of anilines is 1. The molecule has 84 valence electrons. The predicted octanol–water partition coefficient (Wildman–Crippen LogP) is 2.75. The third-order valence-corrected chi connectivity index (χ3v) is 3.13. The quantitative estimate of drug-likeness (QED) is 0.768. The first-order valence-corrected chi connectivity index (χ1v) is 5.56. The van der Waals surface area contributed by atoms with Crippen molar-refractivity contribution >= 4 is 5.69 Å². The van der Waals surface area contributed by atoms with E-state index in [1.165, 1.54) is 5.56 Å². The lowest BCUT2D eigenvalue weighted by Crippen LogP contribution is -2.32. The largest absolute Gasteiger partial charge is 0.398 e. The van der Waals surface area contributed by atoms with E-state index in [-0.39, 0.29) is 0 Å². The van der Waals surface area contributed by atoms with Gasteiger partial charge in [0, 0.05) is 18.3 Å². The van der Waals surface area contributed by atoms with Crippen LogP contribution in [0.15, 0.2) is 24.3 Å². The van der Waals surface area contributed by atoms with Gasteiger partial charge in [0.15, 0.2) is 0 Å². The minimum atomic E-state index is 0.574. The van der Waals surface area contributed by atoms with Crippen LogP contribution in [0.4, 0.5) is 5.69 Å². The Balaban J connectivity index is 2.66. The molecule has 0 radical (unpaired) electrons. The molecule has 1 unspecified atom stereocenters. The summed E-state index contributed by atoms with van der Waals surface area (Å²) in [4.78, 5) is 2.34. The molecule has 0 amide bonds. The monoisotopic (exact) mass is 206 g/mol. The van der Waals surface area contributed by atoms with Crippen LogP contribution in [0.3, 0.4) is 0 Å². The average Bonchev–Trinajstić information content (AvgIpc) is 2.20. The van der Waals surface area contributed by atoms with Crippen LogP contribution in [0, 0.1) is 5.92 Å². The van der Waals surface area contributed by atoms with E-state index in [0.29, 0.717) is 12.0 Å². The highest BCUT2D eigenvalue weighted by Gasteiger charge is 2.13. The maximum Gasteiger partial charge on any atom is 0.0359 e. The summed E-state index contributed by atoms with van der Waals surface area (Å²) in [5.41, 5.74) is 8.02. The SMILES string of the molecule is CC(C)C(C)N(C)Cc1ccccc1N. The van der Waals surface area contributed by atoms with E-state index in [1.54, 1.807) is 0 Å². The molecule has 0 fully saturated rings. The minimum absolute atomic E-state index is 0.574. The molecule has 2 N–H and O–H groups in total. The lowest BCUT2D eigenvalue weighted by Gasteiger charge is -2.28. The Labute approximate surface area is 93.1 Å². The zero-order chi connectivity index (χ0) is 11.4. The summed E-state index contributed by atoms with van der Waals surface area (Å²) >= 11 is 0. The highest BCUT2D eigenvalue weighted by atomic mass is 15.1. The molecule has 1 aromatic carbocycles. The topological polar surface area (TPSA) is 29.3 Å². The molecular weight excluding hydrogens is 184 g/mol. The molecule has 0 aliphatic carbocycles. The number of nitrogens with zero attached hydrogens (tertiary/aromatic N) is 1. The van der Waals surface area contributed by atoms with Crippen LogP contribution in [-0.2, 0) is 6.54 Å². The van der Waals surface area contributed by atoms with Crippen LogP contribution in [0.25, 0.3) is 0 Å².